The molecule has 1 spiro atoms. The number of aromatic nitrogens is 2. The van der Waals surface area contributed by atoms with Crippen molar-refractivity contribution >= 4 is 0 Å². The van der Waals surface area contributed by atoms with Gasteiger partial charge in [-0.15, -0.1) is 0 Å². The Morgan fingerprint density at radius 3 is 2.96 bits per heavy atom. The van der Waals surface area contributed by atoms with Crippen molar-refractivity contribution in [3.8, 4) is 5.69 Å². The fourth-order valence-electron chi connectivity index (χ4n) is 4.14. The van der Waals surface area contributed by atoms with Crippen molar-refractivity contribution in [3.05, 3.63) is 48.5 Å². The van der Waals surface area contributed by atoms with Crippen LogP contribution in [0.5, 0.6) is 0 Å². The molecule has 1 saturated carbocycles. The van der Waals surface area contributed by atoms with E-state index in [0.29, 0.717) is 6.04 Å². The van der Waals surface area contributed by atoms with Crippen molar-refractivity contribution in [2.45, 2.75) is 56.7 Å². The minimum atomic E-state index is 0.180. The molecule has 2 heterocycles. The van der Waals surface area contributed by atoms with Crippen molar-refractivity contribution in [2.24, 2.45) is 0 Å². The summed E-state index contributed by atoms with van der Waals surface area (Å²) in [5.41, 5.74) is 2.71. The minimum absolute atomic E-state index is 0.180. The molecule has 2 aliphatic rings. The minimum Gasteiger partial charge on any atom is -0.375 e. The van der Waals surface area contributed by atoms with Gasteiger partial charge in [0.2, 0.25) is 0 Å². The standard InChI is InChI=1S/C19H25N3O/c1-2-6-18(22-11-10-20-15-22)16(5-1)14-21-17-7-12-23-19(13-17)8-3-4-9-19/h1-2,5-6,10-11,15,17,21H,3-4,7-9,12-14H2. The quantitative estimate of drug-likeness (QED) is 0.940. The van der Waals surface area contributed by atoms with Crippen LogP contribution in [0.25, 0.3) is 5.69 Å². The summed E-state index contributed by atoms with van der Waals surface area (Å²) in [6.45, 7) is 1.80. The van der Waals surface area contributed by atoms with Gasteiger partial charge in [-0.25, -0.2) is 4.98 Å². The van der Waals surface area contributed by atoms with E-state index in [1.54, 1.807) is 0 Å². The number of nitrogens with one attached hydrogen (secondary N) is 1. The molecule has 1 aliphatic heterocycles. The molecule has 0 bridgehead atoms. The summed E-state index contributed by atoms with van der Waals surface area (Å²) < 4.78 is 8.22. The van der Waals surface area contributed by atoms with Crippen LogP contribution >= 0.6 is 0 Å². The molecule has 1 unspecified atom stereocenters. The predicted molar refractivity (Wildman–Crippen MR) is 90.6 cm³/mol. The van der Waals surface area contributed by atoms with E-state index in [4.69, 9.17) is 4.74 Å². The van der Waals surface area contributed by atoms with Gasteiger partial charge < -0.3 is 14.6 Å². The van der Waals surface area contributed by atoms with Gasteiger partial charge in [0, 0.05) is 31.6 Å². The van der Waals surface area contributed by atoms with Crippen LogP contribution in [0.4, 0.5) is 0 Å². The summed E-state index contributed by atoms with van der Waals surface area (Å²) in [6.07, 6.45) is 13.1. The fraction of sp³-hybridized carbons (Fsp3) is 0.526. The number of para-hydroxylation sites is 1. The Morgan fingerprint density at radius 1 is 1.26 bits per heavy atom. The highest BCUT2D eigenvalue weighted by Gasteiger charge is 2.39. The first kappa shape index (κ1) is 14.9. The Hall–Kier alpha value is -1.65. The Bertz CT molecular complexity index is 632. The predicted octanol–water partition coefficient (Wildman–Crippen LogP) is 3.45. The molecule has 1 N–H and O–H groups in total. The summed E-state index contributed by atoms with van der Waals surface area (Å²) in [5.74, 6) is 0. The number of hydrogen-bond donors (Lipinski definition) is 1. The first-order valence-electron chi connectivity index (χ1n) is 8.78. The zero-order chi connectivity index (χ0) is 15.5. The molecule has 1 aromatic heterocycles. The highest BCUT2D eigenvalue weighted by Crippen LogP contribution is 2.40. The maximum Gasteiger partial charge on any atom is 0.0991 e. The zero-order valence-electron chi connectivity index (χ0n) is 13.6. The van der Waals surface area contributed by atoms with Crippen molar-refractivity contribution in [3.63, 3.8) is 0 Å². The van der Waals surface area contributed by atoms with Crippen LogP contribution in [0.2, 0.25) is 0 Å². The van der Waals surface area contributed by atoms with Crippen LogP contribution in [-0.2, 0) is 11.3 Å². The molecule has 122 valence electrons. The van der Waals surface area contributed by atoms with Gasteiger partial charge in [0.1, 0.15) is 0 Å². The van der Waals surface area contributed by atoms with Crippen LogP contribution in [0.1, 0.15) is 44.1 Å². The molecule has 4 nitrogen and oxygen atoms in total. The molecule has 1 aromatic carbocycles. The number of hydrogen-bond acceptors (Lipinski definition) is 3. The molecule has 0 radical (unpaired) electrons. The second-order valence-electron chi connectivity index (χ2n) is 6.91. The topological polar surface area (TPSA) is 39.1 Å². The normalized spacial score (nSPS) is 23.4. The van der Waals surface area contributed by atoms with E-state index in [0.717, 1.165) is 19.6 Å². The number of rotatable bonds is 4. The Morgan fingerprint density at radius 2 is 2.13 bits per heavy atom. The zero-order valence-corrected chi connectivity index (χ0v) is 13.6. The van der Waals surface area contributed by atoms with Crippen LogP contribution in [0.3, 0.4) is 0 Å². The lowest BCUT2D eigenvalue weighted by Gasteiger charge is -2.38. The average Bonchev–Trinajstić information content (AvgIpc) is 3.26. The van der Waals surface area contributed by atoms with Crippen LogP contribution in [-0.4, -0.2) is 27.8 Å². The highest BCUT2D eigenvalue weighted by atomic mass is 16.5. The smallest absolute Gasteiger partial charge is 0.0991 e. The van der Waals surface area contributed by atoms with Gasteiger partial charge in [0.25, 0.3) is 0 Å². The molecular weight excluding hydrogens is 286 g/mol. The molecule has 4 heteroatoms. The summed E-state index contributed by atoms with van der Waals surface area (Å²) in [6, 6.07) is 9.12. The summed E-state index contributed by atoms with van der Waals surface area (Å²) in [5, 5.41) is 3.78. The number of imidazole rings is 1. The van der Waals surface area contributed by atoms with Crippen molar-refractivity contribution in [1.82, 2.24) is 14.9 Å². The van der Waals surface area contributed by atoms with E-state index in [2.05, 4.69) is 39.1 Å². The van der Waals surface area contributed by atoms with Gasteiger partial charge in [-0.3, -0.25) is 0 Å². The summed E-state index contributed by atoms with van der Waals surface area (Å²) in [4.78, 5) is 4.16. The van der Waals surface area contributed by atoms with Gasteiger partial charge in [0.05, 0.1) is 17.6 Å². The van der Waals surface area contributed by atoms with Gasteiger partial charge in [-0.2, -0.15) is 0 Å². The van der Waals surface area contributed by atoms with Gasteiger partial charge in [-0.1, -0.05) is 31.0 Å². The van der Waals surface area contributed by atoms with Crippen LogP contribution < -0.4 is 5.32 Å². The first-order chi connectivity index (χ1) is 11.3. The summed E-state index contributed by atoms with van der Waals surface area (Å²) in [7, 11) is 0. The largest absolute Gasteiger partial charge is 0.375 e. The van der Waals surface area contributed by atoms with Gasteiger partial charge >= 0.3 is 0 Å². The lowest BCUT2D eigenvalue weighted by atomic mass is 9.89. The monoisotopic (exact) mass is 311 g/mol. The second kappa shape index (κ2) is 6.46. The van der Waals surface area contributed by atoms with E-state index >= 15 is 0 Å². The third-order valence-corrected chi connectivity index (χ3v) is 5.36. The van der Waals surface area contributed by atoms with Crippen molar-refractivity contribution in [1.29, 1.82) is 0 Å². The fourth-order valence-corrected chi connectivity index (χ4v) is 4.14. The maximum absolute atomic E-state index is 6.14. The van der Waals surface area contributed by atoms with Crippen LogP contribution in [0.15, 0.2) is 43.0 Å². The third-order valence-electron chi connectivity index (χ3n) is 5.36. The average molecular weight is 311 g/mol. The Labute approximate surface area is 137 Å². The van der Waals surface area contributed by atoms with Gasteiger partial charge in [0.15, 0.2) is 0 Å². The lowest BCUT2D eigenvalue weighted by Crippen LogP contribution is -2.45. The first-order valence-corrected chi connectivity index (χ1v) is 8.78. The molecule has 1 atom stereocenters. The summed E-state index contributed by atoms with van der Waals surface area (Å²) >= 11 is 0. The van der Waals surface area contributed by atoms with Crippen LogP contribution in [0, 0.1) is 0 Å². The maximum atomic E-state index is 6.14. The molecule has 1 saturated heterocycles. The molecule has 1 aliphatic carbocycles. The van der Waals surface area contributed by atoms with E-state index < -0.39 is 0 Å². The Balaban J connectivity index is 1.43. The number of nitrogens with zero attached hydrogens (tertiary/aromatic N) is 2. The molecule has 23 heavy (non-hydrogen) atoms. The number of ether oxygens (including phenoxy) is 1. The van der Waals surface area contributed by atoms with E-state index in [-0.39, 0.29) is 5.60 Å². The third kappa shape index (κ3) is 3.19. The molecule has 2 aromatic rings. The molecule has 4 rings (SSSR count). The lowest BCUT2D eigenvalue weighted by molar-refractivity contribution is -0.0837. The highest BCUT2D eigenvalue weighted by molar-refractivity contribution is 5.40. The Kier molecular flexibility index (Phi) is 4.19. The van der Waals surface area contributed by atoms with Gasteiger partial charge in [-0.05, 0) is 37.3 Å². The van der Waals surface area contributed by atoms with Crippen molar-refractivity contribution < 1.29 is 4.74 Å². The molecule has 2 fully saturated rings. The van der Waals surface area contributed by atoms with E-state index in [1.165, 1.54) is 43.4 Å². The van der Waals surface area contributed by atoms with Crippen molar-refractivity contribution in [2.75, 3.05) is 6.61 Å². The molecular formula is C19H25N3O. The van der Waals surface area contributed by atoms with E-state index in [9.17, 15) is 0 Å². The van der Waals surface area contributed by atoms with E-state index in [1.807, 2.05) is 18.7 Å². The second-order valence-corrected chi connectivity index (χ2v) is 6.91. The SMILES string of the molecule is c1ccc(-n2ccnc2)c(CNC2CCOC3(CCCC3)C2)c1. The molecule has 0 amide bonds. The number of benzene rings is 1.